The molecule has 5 nitrogen and oxygen atoms in total. The predicted octanol–water partition coefficient (Wildman–Crippen LogP) is 1.89. The zero-order valence-corrected chi connectivity index (χ0v) is 11.2. The van der Waals surface area contributed by atoms with Crippen molar-refractivity contribution in [3.63, 3.8) is 0 Å². The maximum absolute atomic E-state index is 11.7. The predicted molar refractivity (Wildman–Crippen MR) is 74.5 cm³/mol. The maximum Gasteiger partial charge on any atom is 0.256 e. The molecule has 3 N–H and O–H groups in total. The van der Waals surface area contributed by atoms with Gasteiger partial charge in [0.1, 0.15) is 11.6 Å². The normalized spacial score (nSPS) is 17.6. The molecule has 1 atom stereocenters. The number of para-hydroxylation sites is 1. The van der Waals surface area contributed by atoms with Crippen LogP contribution in [0.25, 0.3) is 0 Å². The fourth-order valence-electron chi connectivity index (χ4n) is 1.87. The number of aromatic amines is 1. The number of thioether (sulfide) groups is 1. The third-order valence-corrected chi connectivity index (χ3v) is 4.14. The highest BCUT2D eigenvalue weighted by molar-refractivity contribution is 7.99. The van der Waals surface area contributed by atoms with Crippen molar-refractivity contribution < 1.29 is 4.74 Å². The van der Waals surface area contributed by atoms with Crippen molar-refractivity contribution in [2.75, 3.05) is 11.5 Å². The van der Waals surface area contributed by atoms with Gasteiger partial charge in [0, 0.05) is 10.6 Å². The first-order chi connectivity index (χ1) is 9.15. The smallest absolute Gasteiger partial charge is 0.256 e. The van der Waals surface area contributed by atoms with Gasteiger partial charge in [-0.25, -0.2) is 4.98 Å². The summed E-state index contributed by atoms with van der Waals surface area (Å²) in [5.41, 5.74) is 5.95. The lowest BCUT2D eigenvalue weighted by molar-refractivity contribution is 0.210. The molecule has 6 heteroatoms. The van der Waals surface area contributed by atoms with Crippen molar-refractivity contribution in [3.05, 3.63) is 46.0 Å². The molecule has 19 heavy (non-hydrogen) atoms. The quantitative estimate of drug-likeness (QED) is 0.830. The van der Waals surface area contributed by atoms with E-state index >= 15 is 0 Å². The van der Waals surface area contributed by atoms with Gasteiger partial charge in [-0.1, -0.05) is 12.1 Å². The van der Waals surface area contributed by atoms with Gasteiger partial charge in [-0.15, -0.1) is 11.8 Å². The molecule has 1 aromatic heterocycles. The SMILES string of the molecule is Cc1c(N)nc(C2CSc3ccccc3O2)[nH]c1=O. The third-order valence-electron chi connectivity index (χ3n) is 3.02. The minimum Gasteiger partial charge on any atom is -0.480 e. The number of nitrogens with zero attached hydrogens (tertiary/aromatic N) is 1. The average Bonchev–Trinajstić information content (AvgIpc) is 2.43. The lowest BCUT2D eigenvalue weighted by atomic mass is 10.3. The summed E-state index contributed by atoms with van der Waals surface area (Å²) in [5, 5.41) is 0. The Bertz CT molecular complexity index is 684. The van der Waals surface area contributed by atoms with E-state index in [1.54, 1.807) is 18.7 Å². The highest BCUT2D eigenvalue weighted by Gasteiger charge is 2.24. The number of aromatic nitrogens is 2. The first-order valence-electron chi connectivity index (χ1n) is 5.90. The van der Waals surface area contributed by atoms with Crippen LogP contribution in [0.15, 0.2) is 34.0 Å². The molecule has 0 radical (unpaired) electrons. The van der Waals surface area contributed by atoms with Gasteiger partial charge >= 0.3 is 0 Å². The van der Waals surface area contributed by atoms with Crippen molar-refractivity contribution in [2.45, 2.75) is 17.9 Å². The van der Waals surface area contributed by atoms with Gasteiger partial charge in [-0.2, -0.15) is 0 Å². The Balaban J connectivity index is 1.95. The van der Waals surface area contributed by atoms with Crippen LogP contribution in [0.1, 0.15) is 17.5 Å². The van der Waals surface area contributed by atoms with E-state index in [-0.39, 0.29) is 17.5 Å². The molecule has 0 aliphatic carbocycles. The number of benzene rings is 1. The molecule has 0 saturated carbocycles. The van der Waals surface area contributed by atoms with Crippen molar-refractivity contribution in [3.8, 4) is 5.75 Å². The first kappa shape index (κ1) is 12.1. The number of nitrogens with two attached hydrogens (primary N) is 1. The monoisotopic (exact) mass is 275 g/mol. The molecule has 2 aromatic rings. The fourth-order valence-corrected chi connectivity index (χ4v) is 2.86. The van der Waals surface area contributed by atoms with Gasteiger partial charge in [0.25, 0.3) is 5.56 Å². The van der Waals surface area contributed by atoms with Crippen LogP contribution >= 0.6 is 11.8 Å². The van der Waals surface area contributed by atoms with Gasteiger partial charge in [-0.05, 0) is 19.1 Å². The van der Waals surface area contributed by atoms with Crippen LogP contribution in [-0.4, -0.2) is 15.7 Å². The molecule has 0 amide bonds. The average molecular weight is 275 g/mol. The van der Waals surface area contributed by atoms with Gasteiger partial charge < -0.3 is 15.5 Å². The van der Waals surface area contributed by atoms with Crippen LogP contribution in [0, 0.1) is 6.92 Å². The van der Waals surface area contributed by atoms with Gasteiger partial charge in [0.2, 0.25) is 0 Å². The summed E-state index contributed by atoms with van der Waals surface area (Å²) in [6.45, 7) is 1.65. The molecular weight excluding hydrogens is 262 g/mol. The lowest BCUT2D eigenvalue weighted by Crippen LogP contribution is -2.24. The van der Waals surface area contributed by atoms with Crippen LogP contribution in [0.4, 0.5) is 5.82 Å². The zero-order chi connectivity index (χ0) is 13.4. The standard InChI is InChI=1S/C13H13N3O2S/c1-7-11(14)15-12(16-13(7)17)9-6-19-10-5-3-2-4-8(10)18-9/h2-5,9H,6H2,1H3,(H3,14,15,16,17). The molecule has 3 rings (SSSR count). The largest absolute Gasteiger partial charge is 0.480 e. The maximum atomic E-state index is 11.7. The van der Waals surface area contributed by atoms with E-state index in [1.165, 1.54) is 0 Å². The first-order valence-corrected chi connectivity index (χ1v) is 6.88. The van der Waals surface area contributed by atoms with E-state index in [0.29, 0.717) is 17.1 Å². The number of nitrogens with one attached hydrogen (secondary N) is 1. The summed E-state index contributed by atoms with van der Waals surface area (Å²) in [6, 6.07) is 7.81. The van der Waals surface area contributed by atoms with Gasteiger partial charge in [0.05, 0.1) is 5.56 Å². The summed E-state index contributed by atoms with van der Waals surface area (Å²) in [5.74, 6) is 2.24. The molecular formula is C13H13N3O2S. The summed E-state index contributed by atoms with van der Waals surface area (Å²) >= 11 is 1.68. The number of nitrogen functional groups attached to an aromatic ring is 1. The molecule has 0 fully saturated rings. The van der Waals surface area contributed by atoms with Crippen molar-refractivity contribution >= 4 is 17.6 Å². The van der Waals surface area contributed by atoms with Crippen LogP contribution in [0.2, 0.25) is 0 Å². The van der Waals surface area contributed by atoms with Crippen molar-refractivity contribution in [1.82, 2.24) is 9.97 Å². The number of anilines is 1. The summed E-state index contributed by atoms with van der Waals surface area (Å²) in [6.07, 6.45) is -0.282. The number of ether oxygens (including phenoxy) is 1. The van der Waals surface area contributed by atoms with Crippen molar-refractivity contribution in [1.29, 1.82) is 0 Å². The number of rotatable bonds is 1. The zero-order valence-electron chi connectivity index (χ0n) is 10.3. The lowest BCUT2D eigenvalue weighted by Gasteiger charge is -2.24. The Morgan fingerprint density at radius 3 is 3.05 bits per heavy atom. The molecule has 2 heterocycles. The second-order valence-corrected chi connectivity index (χ2v) is 5.39. The van der Waals surface area contributed by atoms with Crippen LogP contribution in [0.3, 0.4) is 0 Å². The van der Waals surface area contributed by atoms with E-state index in [2.05, 4.69) is 9.97 Å². The summed E-state index contributed by atoms with van der Waals surface area (Å²) in [7, 11) is 0. The molecule has 1 unspecified atom stereocenters. The Labute approximate surface area is 114 Å². The van der Waals surface area contributed by atoms with Gasteiger partial charge in [0.15, 0.2) is 11.9 Å². The third kappa shape index (κ3) is 2.19. The Hall–Kier alpha value is -1.95. The Kier molecular flexibility index (Phi) is 2.94. The molecule has 0 bridgehead atoms. The molecule has 0 spiro atoms. The molecule has 1 aromatic carbocycles. The number of hydrogen-bond donors (Lipinski definition) is 2. The highest BCUT2D eigenvalue weighted by Crippen LogP contribution is 2.39. The number of hydrogen-bond acceptors (Lipinski definition) is 5. The number of fused-ring (bicyclic) bond motifs is 1. The van der Waals surface area contributed by atoms with Crippen LogP contribution in [0.5, 0.6) is 5.75 Å². The van der Waals surface area contributed by atoms with E-state index < -0.39 is 0 Å². The topological polar surface area (TPSA) is 81.0 Å². The van der Waals surface area contributed by atoms with Gasteiger partial charge in [-0.3, -0.25) is 4.79 Å². The summed E-state index contributed by atoms with van der Waals surface area (Å²) < 4.78 is 5.86. The number of H-pyrrole nitrogens is 1. The molecule has 98 valence electrons. The molecule has 1 aliphatic heterocycles. The molecule has 0 saturated heterocycles. The fraction of sp³-hybridized carbons (Fsp3) is 0.231. The highest BCUT2D eigenvalue weighted by atomic mass is 32.2. The van der Waals surface area contributed by atoms with E-state index in [4.69, 9.17) is 10.5 Å². The molecule has 1 aliphatic rings. The second kappa shape index (κ2) is 4.62. The summed E-state index contributed by atoms with van der Waals surface area (Å²) in [4.78, 5) is 19.8. The Morgan fingerprint density at radius 1 is 1.47 bits per heavy atom. The Morgan fingerprint density at radius 2 is 2.26 bits per heavy atom. The van der Waals surface area contributed by atoms with E-state index in [9.17, 15) is 4.79 Å². The minimum absolute atomic E-state index is 0.213. The second-order valence-electron chi connectivity index (χ2n) is 4.33. The van der Waals surface area contributed by atoms with E-state index in [0.717, 1.165) is 10.6 Å². The van der Waals surface area contributed by atoms with Crippen LogP contribution < -0.4 is 16.0 Å². The van der Waals surface area contributed by atoms with E-state index in [1.807, 2.05) is 24.3 Å². The van der Waals surface area contributed by atoms with Crippen LogP contribution in [-0.2, 0) is 0 Å². The minimum atomic E-state index is -0.282. The van der Waals surface area contributed by atoms with Crippen molar-refractivity contribution in [2.24, 2.45) is 0 Å².